The summed E-state index contributed by atoms with van der Waals surface area (Å²) in [7, 11) is -1.56. The number of hydrogen-bond acceptors (Lipinski definition) is 4. The summed E-state index contributed by atoms with van der Waals surface area (Å²) >= 11 is 1.48. The fourth-order valence-corrected chi connectivity index (χ4v) is 2.86. The van der Waals surface area contributed by atoms with E-state index in [1.165, 1.54) is 15.6 Å². The lowest BCUT2D eigenvalue weighted by molar-refractivity contribution is 0.305. The van der Waals surface area contributed by atoms with E-state index in [-0.39, 0.29) is 12.4 Å². The van der Waals surface area contributed by atoms with Crippen molar-refractivity contribution >= 4 is 21.4 Å². The lowest BCUT2D eigenvalue weighted by Gasteiger charge is -2.14. The van der Waals surface area contributed by atoms with Crippen LogP contribution in [0.1, 0.15) is 23.8 Å². The molecule has 1 rings (SSSR count). The van der Waals surface area contributed by atoms with Crippen molar-refractivity contribution < 1.29 is 13.5 Å². The van der Waals surface area contributed by atoms with Crippen LogP contribution in [0, 0.1) is 11.8 Å². The Kier molecular flexibility index (Phi) is 5.82. The van der Waals surface area contributed by atoms with Crippen LogP contribution in [0.15, 0.2) is 11.4 Å². The second-order valence-electron chi connectivity index (χ2n) is 3.75. The molecule has 100 valence electrons. The van der Waals surface area contributed by atoms with Gasteiger partial charge in [0.1, 0.15) is 0 Å². The molecule has 4 nitrogen and oxygen atoms in total. The van der Waals surface area contributed by atoms with Gasteiger partial charge in [0.2, 0.25) is 10.0 Å². The third kappa shape index (κ3) is 4.42. The molecule has 0 radical (unpaired) electrons. The summed E-state index contributed by atoms with van der Waals surface area (Å²) in [4.78, 5) is 0.890. The van der Waals surface area contributed by atoms with Crippen molar-refractivity contribution in [3.8, 4) is 11.8 Å². The maximum absolute atomic E-state index is 11.6. The average Bonchev–Trinajstić information content (AvgIpc) is 2.77. The zero-order valence-corrected chi connectivity index (χ0v) is 12.1. The topological polar surface area (TPSA) is 57.6 Å². The molecule has 1 N–H and O–H groups in total. The van der Waals surface area contributed by atoms with Crippen LogP contribution in [0.2, 0.25) is 0 Å². The highest BCUT2D eigenvalue weighted by atomic mass is 32.2. The fraction of sp³-hybridized carbons (Fsp3) is 0.500. The van der Waals surface area contributed by atoms with E-state index in [2.05, 4.69) is 11.8 Å². The molecule has 1 aromatic heterocycles. The van der Waals surface area contributed by atoms with Gasteiger partial charge in [-0.25, -0.2) is 12.7 Å². The largest absolute Gasteiger partial charge is 0.395 e. The summed E-state index contributed by atoms with van der Waals surface area (Å²) in [5, 5.41) is 10.5. The Labute approximate surface area is 112 Å². The maximum atomic E-state index is 11.6. The van der Waals surface area contributed by atoms with Gasteiger partial charge in [0, 0.05) is 20.0 Å². The van der Waals surface area contributed by atoms with Crippen LogP contribution in [0.4, 0.5) is 0 Å². The van der Waals surface area contributed by atoms with Gasteiger partial charge in [-0.2, -0.15) is 0 Å². The van der Waals surface area contributed by atoms with Gasteiger partial charge >= 0.3 is 0 Å². The molecule has 0 atom stereocenters. The number of sulfonamides is 1. The van der Waals surface area contributed by atoms with Gasteiger partial charge < -0.3 is 5.11 Å². The van der Waals surface area contributed by atoms with Gasteiger partial charge in [0.05, 0.1) is 17.2 Å². The van der Waals surface area contributed by atoms with Crippen LogP contribution in [-0.2, 0) is 16.6 Å². The second kappa shape index (κ2) is 6.90. The van der Waals surface area contributed by atoms with Crippen LogP contribution >= 0.6 is 11.3 Å². The molecule has 18 heavy (non-hydrogen) atoms. The molecule has 0 bridgehead atoms. The van der Waals surface area contributed by atoms with Gasteiger partial charge in [0.15, 0.2) is 0 Å². The number of hydrogen-bond donors (Lipinski definition) is 1. The Morgan fingerprint density at radius 3 is 2.83 bits per heavy atom. The van der Waals surface area contributed by atoms with E-state index < -0.39 is 10.0 Å². The second-order valence-corrected chi connectivity index (χ2v) is 7.03. The highest BCUT2D eigenvalue weighted by Crippen LogP contribution is 2.16. The van der Waals surface area contributed by atoms with Crippen LogP contribution in [0.5, 0.6) is 0 Å². The van der Waals surface area contributed by atoms with E-state index in [0.29, 0.717) is 13.0 Å². The van der Waals surface area contributed by atoms with E-state index in [0.717, 1.165) is 10.4 Å². The van der Waals surface area contributed by atoms with Crippen molar-refractivity contribution in [2.45, 2.75) is 19.9 Å². The van der Waals surface area contributed by atoms with Gasteiger partial charge in [-0.15, -0.1) is 11.3 Å². The third-order valence-electron chi connectivity index (χ3n) is 2.35. The van der Waals surface area contributed by atoms with Gasteiger partial charge in [0.25, 0.3) is 0 Å². The number of aliphatic hydroxyl groups excluding tert-OH is 1. The molecule has 0 aliphatic heterocycles. The Balaban J connectivity index is 2.68. The van der Waals surface area contributed by atoms with Gasteiger partial charge in [-0.3, -0.25) is 0 Å². The first kappa shape index (κ1) is 15.2. The van der Waals surface area contributed by atoms with Crippen LogP contribution in [-0.4, -0.2) is 37.2 Å². The summed E-state index contributed by atoms with van der Waals surface area (Å²) in [5.41, 5.74) is 0.938. The highest BCUT2D eigenvalue weighted by Gasteiger charge is 2.15. The molecule has 0 saturated carbocycles. The van der Waals surface area contributed by atoms with Crippen molar-refractivity contribution in [3.63, 3.8) is 0 Å². The minimum absolute atomic E-state index is 0.0582. The summed E-state index contributed by atoms with van der Waals surface area (Å²) in [6.07, 6.45) is 0.456. The fourth-order valence-electron chi connectivity index (χ4n) is 1.31. The Bertz CT molecular complexity index is 537. The molecule has 0 aromatic carbocycles. The summed E-state index contributed by atoms with van der Waals surface area (Å²) in [6, 6.07) is 1.89. The zero-order valence-electron chi connectivity index (χ0n) is 10.5. The highest BCUT2D eigenvalue weighted by molar-refractivity contribution is 7.89. The molecule has 0 aliphatic carbocycles. The molecule has 0 aliphatic rings. The van der Waals surface area contributed by atoms with Crippen LogP contribution in [0.3, 0.4) is 0 Å². The molecule has 0 saturated heterocycles. The smallest absolute Gasteiger partial charge is 0.213 e. The molecular weight excluding hydrogens is 270 g/mol. The normalized spacial score (nSPS) is 11.3. The molecule has 0 unspecified atom stereocenters. The minimum Gasteiger partial charge on any atom is -0.395 e. The molecule has 0 spiro atoms. The zero-order chi connectivity index (χ0) is 13.6. The first-order valence-corrected chi connectivity index (χ1v) is 8.09. The van der Waals surface area contributed by atoms with E-state index in [1.807, 2.05) is 11.4 Å². The third-order valence-corrected chi connectivity index (χ3v) is 5.05. The van der Waals surface area contributed by atoms with Crippen molar-refractivity contribution in [2.24, 2.45) is 0 Å². The molecule has 0 fully saturated rings. The van der Waals surface area contributed by atoms with Crippen LogP contribution < -0.4 is 0 Å². The standard InChI is InChI=1S/C12H17NO3S2/c1-3-18(15,16)13(2)9-11-8-12(17-10-11)6-4-5-7-14/h8,10,14H,3,5,7,9H2,1-2H3. The average molecular weight is 287 g/mol. The van der Waals surface area contributed by atoms with E-state index in [9.17, 15) is 8.42 Å². The first-order chi connectivity index (χ1) is 8.49. The summed E-state index contributed by atoms with van der Waals surface area (Å²) in [5.74, 6) is 5.88. The molecule has 1 aromatic rings. The van der Waals surface area contributed by atoms with Crippen molar-refractivity contribution in [1.82, 2.24) is 4.31 Å². The molecule has 1 heterocycles. The maximum Gasteiger partial charge on any atom is 0.213 e. The van der Waals surface area contributed by atoms with Gasteiger partial charge in [-0.05, 0) is 23.9 Å². The quantitative estimate of drug-likeness (QED) is 0.830. The predicted molar refractivity (Wildman–Crippen MR) is 73.8 cm³/mol. The molecular formula is C12H17NO3S2. The summed E-state index contributed by atoms with van der Waals surface area (Å²) in [6.45, 7) is 2.06. The van der Waals surface area contributed by atoms with Crippen molar-refractivity contribution in [3.05, 3.63) is 21.9 Å². The Hall–Kier alpha value is -0.870. The van der Waals surface area contributed by atoms with Crippen molar-refractivity contribution in [1.29, 1.82) is 0 Å². The van der Waals surface area contributed by atoms with E-state index in [4.69, 9.17) is 5.11 Å². The molecule has 0 amide bonds. The SMILES string of the molecule is CCS(=O)(=O)N(C)Cc1csc(C#CCCO)c1. The monoisotopic (exact) mass is 287 g/mol. The minimum atomic E-state index is -3.14. The Morgan fingerprint density at radius 2 is 2.22 bits per heavy atom. The van der Waals surface area contributed by atoms with Crippen molar-refractivity contribution in [2.75, 3.05) is 19.4 Å². The molecule has 6 heteroatoms. The first-order valence-electron chi connectivity index (χ1n) is 5.60. The summed E-state index contributed by atoms with van der Waals surface area (Å²) < 4.78 is 24.5. The Morgan fingerprint density at radius 1 is 1.50 bits per heavy atom. The lowest BCUT2D eigenvalue weighted by Crippen LogP contribution is -2.27. The predicted octanol–water partition coefficient (Wildman–Crippen LogP) is 1.26. The number of thiophene rings is 1. The number of nitrogens with zero attached hydrogens (tertiary/aromatic N) is 1. The van der Waals surface area contributed by atoms with E-state index >= 15 is 0 Å². The van der Waals surface area contributed by atoms with Gasteiger partial charge in [-0.1, -0.05) is 11.8 Å². The van der Waals surface area contributed by atoms with Crippen LogP contribution in [0.25, 0.3) is 0 Å². The lowest BCUT2D eigenvalue weighted by atomic mass is 10.3. The number of rotatable bonds is 5. The number of aliphatic hydroxyl groups is 1. The van der Waals surface area contributed by atoms with E-state index in [1.54, 1.807) is 14.0 Å².